The Balaban J connectivity index is 1.42. The largest absolute Gasteiger partial charge is 0.478 e. The van der Waals surface area contributed by atoms with E-state index in [1.54, 1.807) is 29.2 Å². The first-order valence-electron chi connectivity index (χ1n) is 11.3. The molecule has 1 N–H and O–H groups in total. The van der Waals surface area contributed by atoms with E-state index in [9.17, 15) is 24.3 Å². The number of para-hydroxylation sites is 1. The van der Waals surface area contributed by atoms with Crippen molar-refractivity contribution >= 4 is 51.8 Å². The molecule has 8 nitrogen and oxygen atoms in total. The van der Waals surface area contributed by atoms with Gasteiger partial charge in [0.15, 0.2) is 0 Å². The number of thioether (sulfide) groups is 1. The predicted molar refractivity (Wildman–Crippen MR) is 133 cm³/mol. The maximum Gasteiger partial charge on any atom is 0.335 e. The highest BCUT2D eigenvalue weighted by Crippen LogP contribution is 2.34. The van der Waals surface area contributed by atoms with Crippen LogP contribution in [-0.4, -0.2) is 62.1 Å². The Morgan fingerprint density at radius 3 is 2.57 bits per heavy atom. The fourth-order valence-electron chi connectivity index (χ4n) is 4.50. The summed E-state index contributed by atoms with van der Waals surface area (Å²) in [5.74, 6) is -1.64. The van der Waals surface area contributed by atoms with Crippen molar-refractivity contribution in [2.75, 3.05) is 19.6 Å². The fraction of sp³-hybridized carbons (Fsp3) is 0.231. The number of aromatic nitrogens is 1. The average molecular weight is 490 g/mol. The van der Waals surface area contributed by atoms with E-state index in [4.69, 9.17) is 0 Å². The molecule has 0 radical (unpaired) electrons. The van der Waals surface area contributed by atoms with Crippen LogP contribution in [0, 0.1) is 0 Å². The molecule has 2 aliphatic heterocycles. The smallest absolute Gasteiger partial charge is 0.335 e. The molecule has 3 amide bonds. The summed E-state index contributed by atoms with van der Waals surface area (Å²) < 4.78 is 1.99. The molecule has 0 unspecified atom stereocenters. The fourth-order valence-corrected chi connectivity index (χ4v) is 5.33. The van der Waals surface area contributed by atoms with E-state index < -0.39 is 17.1 Å². The van der Waals surface area contributed by atoms with Crippen LogP contribution in [0.15, 0.2) is 59.6 Å². The summed E-state index contributed by atoms with van der Waals surface area (Å²) in [5.41, 5.74) is 2.74. The normalized spacial score (nSPS) is 17.2. The van der Waals surface area contributed by atoms with Crippen LogP contribution in [0.25, 0.3) is 17.0 Å². The summed E-state index contributed by atoms with van der Waals surface area (Å²) in [6, 6.07) is 14.5. The summed E-state index contributed by atoms with van der Waals surface area (Å²) in [6.07, 6.45) is 5.47. The van der Waals surface area contributed by atoms with Gasteiger partial charge in [0.2, 0.25) is 5.91 Å². The zero-order valence-electron chi connectivity index (χ0n) is 18.8. The van der Waals surface area contributed by atoms with Crippen LogP contribution in [0.4, 0.5) is 4.79 Å². The van der Waals surface area contributed by atoms with Crippen LogP contribution in [0.2, 0.25) is 0 Å². The number of carbonyl (C=O) groups excluding carboxylic acids is 3. The number of rotatable bonds is 6. The summed E-state index contributed by atoms with van der Waals surface area (Å²) in [5, 5.41) is 9.75. The van der Waals surface area contributed by atoms with E-state index in [2.05, 4.69) is 0 Å². The Bertz CT molecular complexity index is 1390. The monoisotopic (exact) mass is 489 g/mol. The molecule has 0 atom stereocenters. The third-order valence-corrected chi connectivity index (χ3v) is 7.17. The van der Waals surface area contributed by atoms with Gasteiger partial charge in [0.1, 0.15) is 6.54 Å². The van der Waals surface area contributed by atoms with Crippen molar-refractivity contribution in [3.05, 3.63) is 76.3 Å². The molecule has 0 bridgehead atoms. The molecule has 2 fully saturated rings. The molecular formula is C26H23N3O5S. The van der Waals surface area contributed by atoms with E-state index in [0.29, 0.717) is 19.6 Å². The minimum absolute atomic E-state index is 0.203. The Hall–Kier alpha value is -3.85. The van der Waals surface area contributed by atoms with Crippen LogP contribution in [-0.2, 0) is 16.1 Å². The van der Waals surface area contributed by atoms with Crippen LogP contribution >= 0.6 is 11.8 Å². The van der Waals surface area contributed by atoms with Crippen LogP contribution in [0.1, 0.15) is 34.3 Å². The highest BCUT2D eigenvalue weighted by atomic mass is 32.2. The standard InChI is InChI=1S/C26H23N3O5S/c30-23(27-10-3-4-11-27)16-29-24(31)22(35-26(29)34)13-19-15-28(21-9-2-1-8-20(19)21)14-17-6-5-7-18(12-17)25(32)33/h1-2,5-9,12-13,15H,3-4,10-11,14,16H2,(H,32,33). The van der Waals surface area contributed by atoms with Gasteiger partial charge in [-0.3, -0.25) is 19.3 Å². The number of benzene rings is 2. The van der Waals surface area contributed by atoms with Gasteiger partial charge in [-0.1, -0.05) is 30.3 Å². The highest BCUT2D eigenvalue weighted by Gasteiger charge is 2.37. The molecule has 0 spiro atoms. The Kier molecular flexibility index (Phi) is 6.17. The topological polar surface area (TPSA) is 99.9 Å². The zero-order valence-corrected chi connectivity index (χ0v) is 19.7. The third kappa shape index (κ3) is 4.59. The van der Waals surface area contributed by atoms with Crippen molar-refractivity contribution in [2.45, 2.75) is 19.4 Å². The number of hydrogen-bond acceptors (Lipinski definition) is 5. The Labute approximate surface area is 205 Å². The van der Waals surface area contributed by atoms with Gasteiger partial charge in [-0.2, -0.15) is 0 Å². The Morgan fingerprint density at radius 1 is 1.03 bits per heavy atom. The molecule has 0 aliphatic carbocycles. The van der Waals surface area contributed by atoms with E-state index in [0.717, 1.165) is 51.5 Å². The van der Waals surface area contributed by atoms with E-state index in [1.165, 1.54) is 0 Å². The molecule has 9 heteroatoms. The molecule has 5 rings (SSSR count). The number of carboxylic acids is 1. The van der Waals surface area contributed by atoms with Gasteiger partial charge in [0.05, 0.1) is 10.5 Å². The van der Waals surface area contributed by atoms with E-state index in [-0.39, 0.29) is 22.9 Å². The van der Waals surface area contributed by atoms with Gasteiger partial charge in [0, 0.05) is 42.3 Å². The minimum Gasteiger partial charge on any atom is -0.478 e. The second-order valence-electron chi connectivity index (χ2n) is 8.59. The predicted octanol–water partition coefficient (Wildman–Crippen LogP) is 4.05. The van der Waals surface area contributed by atoms with Gasteiger partial charge in [0.25, 0.3) is 11.1 Å². The lowest BCUT2D eigenvalue weighted by Gasteiger charge is -2.18. The van der Waals surface area contributed by atoms with Gasteiger partial charge in [-0.25, -0.2) is 4.79 Å². The highest BCUT2D eigenvalue weighted by molar-refractivity contribution is 8.18. The lowest BCUT2D eigenvalue weighted by atomic mass is 10.1. The van der Waals surface area contributed by atoms with Crippen LogP contribution in [0.5, 0.6) is 0 Å². The number of nitrogens with zero attached hydrogens (tertiary/aromatic N) is 3. The molecule has 3 aromatic rings. The molecule has 0 saturated carbocycles. The molecular weight excluding hydrogens is 466 g/mol. The first-order chi connectivity index (χ1) is 16.9. The van der Waals surface area contributed by atoms with Gasteiger partial charge in [-0.05, 0) is 54.4 Å². The summed E-state index contributed by atoms with van der Waals surface area (Å²) >= 11 is 0.841. The van der Waals surface area contributed by atoms with Crippen molar-refractivity contribution in [2.24, 2.45) is 0 Å². The number of fused-ring (bicyclic) bond motifs is 1. The SMILES string of the molecule is O=C(O)c1cccc(Cn2cc(C=C3SC(=O)N(CC(=O)N4CCCC4)C3=O)c3ccccc32)c1. The second kappa shape index (κ2) is 9.42. The molecule has 3 heterocycles. The minimum atomic E-state index is -0.983. The second-order valence-corrected chi connectivity index (χ2v) is 9.58. The Morgan fingerprint density at radius 2 is 1.80 bits per heavy atom. The quantitative estimate of drug-likeness (QED) is 0.525. The summed E-state index contributed by atoms with van der Waals surface area (Å²) in [4.78, 5) is 52.3. The van der Waals surface area contributed by atoms with Gasteiger partial charge in [-0.15, -0.1) is 0 Å². The number of hydrogen-bond donors (Lipinski definition) is 1. The summed E-state index contributed by atoms with van der Waals surface area (Å²) in [6.45, 7) is 1.55. The first-order valence-corrected chi connectivity index (χ1v) is 12.2. The molecule has 1 aromatic heterocycles. The van der Waals surface area contributed by atoms with Crippen molar-refractivity contribution in [1.82, 2.24) is 14.4 Å². The zero-order chi connectivity index (χ0) is 24.5. The summed E-state index contributed by atoms with van der Waals surface area (Å²) in [7, 11) is 0. The number of carboxylic acid groups (broad SMARTS) is 1. The molecule has 35 heavy (non-hydrogen) atoms. The number of imide groups is 1. The maximum atomic E-state index is 13.0. The first kappa shape index (κ1) is 22.9. The number of carbonyl (C=O) groups is 4. The van der Waals surface area contributed by atoms with Crippen LogP contribution < -0.4 is 0 Å². The van der Waals surface area contributed by atoms with Crippen molar-refractivity contribution in [1.29, 1.82) is 0 Å². The lowest BCUT2D eigenvalue weighted by Crippen LogP contribution is -2.40. The van der Waals surface area contributed by atoms with Gasteiger partial charge >= 0.3 is 5.97 Å². The van der Waals surface area contributed by atoms with E-state index in [1.807, 2.05) is 41.1 Å². The number of likely N-dealkylation sites (tertiary alicyclic amines) is 1. The van der Waals surface area contributed by atoms with Crippen molar-refractivity contribution in [3.63, 3.8) is 0 Å². The molecule has 2 aliphatic rings. The number of amides is 3. The van der Waals surface area contributed by atoms with E-state index >= 15 is 0 Å². The lowest BCUT2D eigenvalue weighted by molar-refractivity contribution is -0.135. The number of aromatic carboxylic acids is 1. The van der Waals surface area contributed by atoms with Gasteiger partial charge < -0.3 is 14.6 Å². The van der Waals surface area contributed by atoms with Crippen molar-refractivity contribution < 1.29 is 24.3 Å². The molecule has 178 valence electrons. The average Bonchev–Trinajstić information content (AvgIpc) is 3.56. The van der Waals surface area contributed by atoms with Crippen LogP contribution in [0.3, 0.4) is 0 Å². The van der Waals surface area contributed by atoms with Crippen molar-refractivity contribution in [3.8, 4) is 0 Å². The molecule has 2 saturated heterocycles. The third-order valence-electron chi connectivity index (χ3n) is 6.26. The maximum absolute atomic E-state index is 13.0. The molecule has 2 aromatic carbocycles.